The number of esters is 1. The third-order valence-corrected chi connectivity index (χ3v) is 4.08. The molecule has 0 radical (unpaired) electrons. The number of hydrogen-bond acceptors (Lipinski definition) is 6. The molecule has 2 aromatic heterocycles. The van der Waals surface area contributed by atoms with Crippen molar-refractivity contribution in [2.75, 3.05) is 19.0 Å². The summed E-state index contributed by atoms with van der Waals surface area (Å²) in [6.45, 7) is -0.267. The first-order chi connectivity index (χ1) is 11.5. The van der Waals surface area contributed by atoms with Crippen LogP contribution in [0.1, 0.15) is 35.0 Å². The Labute approximate surface area is 142 Å². The zero-order valence-electron chi connectivity index (χ0n) is 12.9. The van der Waals surface area contributed by atoms with Gasteiger partial charge in [0.25, 0.3) is 0 Å². The summed E-state index contributed by atoms with van der Waals surface area (Å²) in [6, 6.07) is 3.16. The summed E-state index contributed by atoms with van der Waals surface area (Å²) < 4.78 is 12.0. The first-order valence-electron chi connectivity index (χ1n) is 7.35. The summed E-state index contributed by atoms with van der Waals surface area (Å²) in [5.74, 6) is -0.954. The van der Waals surface area contributed by atoms with Crippen molar-refractivity contribution in [2.24, 2.45) is 0 Å². The van der Waals surface area contributed by atoms with Crippen LogP contribution in [-0.2, 0) is 14.3 Å². The number of rotatable bonds is 5. The van der Waals surface area contributed by atoms with Crippen LogP contribution in [0.2, 0.25) is 0 Å². The van der Waals surface area contributed by atoms with Crippen molar-refractivity contribution in [1.29, 1.82) is 0 Å². The van der Waals surface area contributed by atoms with Gasteiger partial charge in [0.05, 0.1) is 12.7 Å². The highest BCUT2D eigenvalue weighted by Gasteiger charge is 2.30. The van der Waals surface area contributed by atoms with Gasteiger partial charge in [0, 0.05) is 6.20 Å². The number of halogens is 1. The fourth-order valence-corrected chi connectivity index (χ4v) is 2.92. The highest BCUT2D eigenvalue weighted by Crippen LogP contribution is 2.37. The van der Waals surface area contributed by atoms with E-state index in [-0.39, 0.29) is 12.6 Å². The number of anilines is 1. The molecule has 3 rings (SSSR count). The van der Waals surface area contributed by atoms with E-state index in [1.165, 1.54) is 7.11 Å². The van der Waals surface area contributed by atoms with E-state index >= 15 is 0 Å². The van der Waals surface area contributed by atoms with Gasteiger partial charge in [-0.3, -0.25) is 9.20 Å². The maximum Gasteiger partial charge on any atom is 0.338 e. The van der Waals surface area contributed by atoms with Crippen LogP contribution in [0.3, 0.4) is 0 Å². The van der Waals surface area contributed by atoms with Gasteiger partial charge < -0.3 is 19.9 Å². The number of methoxy groups -OCH3 is 1. The number of ether oxygens (including phenoxy) is 2. The topological polar surface area (TPSA) is 102 Å². The second-order valence-electron chi connectivity index (χ2n) is 5.34. The van der Waals surface area contributed by atoms with Crippen molar-refractivity contribution in [3.8, 4) is 0 Å². The average Bonchev–Trinajstić information content (AvgIpc) is 3.14. The molecule has 2 atom stereocenters. The highest BCUT2D eigenvalue weighted by molar-refractivity contribution is 6.19. The predicted molar refractivity (Wildman–Crippen MR) is 85.4 cm³/mol. The molecule has 1 aliphatic heterocycles. The van der Waals surface area contributed by atoms with Gasteiger partial charge in [-0.25, -0.2) is 9.78 Å². The Bertz CT molecular complexity index is 791. The number of nitrogens with one attached hydrogen (secondary N) is 1. The Morgan fingerprint density at radius 2 is 2.33 bits per heavy atom. The Balaban J connectivity index is 2.04. The molecular formula is C15H16ClN3O5. The Hall–Kier alpha value is -2.32. The van der Waals surface area contributed by atoms with Gasteiger partial charge in [-0.2, -0.15) is 0 Å². The Morgan fingerprint density at radius 3 is 2.96 bits per heavy atom. The fraction of sp³-hybridized carbons (Fsp3) is 0.400. The summed E-state index contributed by atoms with van der Waals surface area (Å²) in [6.07, 6.45) is 2.68. The van der Waals surface area contributed by atoms with Gasteiger partial charge >= 0.3 is 11.9 Å². The quantitative estimate of drug-likeness (QED) is 0.626. The molecule has 1 aliphatic rings. The van der Waals surface area contributed by atoms with Crippen molar-refractivity contribution in [1.82, 2.24) is 9.38 Å². The number of imidazole rings is 1. The van der Waals surface area contributed by atoms with Gasteiger partial charge in [0.1, 0.15) is 35.4 Å². The number of carboxylic acids is 1. The monoisotopic (exact) mass is 353 g/mol. The van der Waals surface area contributed by atoms with Crippen LogP contribution in [0.5, 0.6) is 0 Å². The molecule has 2 N–H and O–H groups in total. The van der Waals surface area contributed by atoms with Gasteiger partial charge in [-0.05, 0) is 25.0 Å². The van der Waals surface area contributed by atoms with E-state index in [0.29, 0.717) is 35.6 Å². The molecule has 0 amide bonds. The van der Waals surface area contributed by atoms with Gasteiger partial charge in [-0.1, -0.05) is 11.6 Å². The number of hydrogen-bond donors (Lipinski definition) is 2. The summed E-state index contributed by atoms with van der Waals surface area (Å²) in [5, 5.41) is 11.8. The summed E-state index contributed by atoms with van der Waals surface area (Å²) >= 11 is 5.99. The van der Waals surface area contributed by atoms with Crippen LogP contribution < -0.4 is 5.32 Å². The molecule has 0 saturated carbocycles. The highest BCUT2D eigenvalue weighted by atomic mass is 35.5. The first kappa shape index (κ1) is 16.5. The summed E-state index contributed by atoms with van der Waals surface area (Å²) in [4.78, 5) is 27.1. The maximum absolute atomic E-state index is 11.7. The number of aromatic nitrogens is 2. The lowest BCUT2D eigenvalue weighted by molar-refractivity contribution is -0.134. The average molecular weight is 354 g/mol. The van der Waals surface area contributed by atoms with Crippen LogP contribution in [-0.4, -0.2) is 45.6 Å². The summed E-state index contributed by atoms with van der Waals surface area (Å²) in [5.41, 5.74) is 1.02. The lowest BCUT2D eigenvalue weighted by Crippen LogP contribution is -2.15. The van der Waals surface area contributed by atoms with E-state index in [0.717, 1.165) is 0 Å². The molecule has 1 fully saturated rings. The SMILES string of the molecule is COC(=O)c1ccn2c(NCC(=O)O)c(C3CCC(Cl)O3)nc2c1. The van der Waals surface area contributed by atoms with Crippen molar-refractivity contribution in [3.05, 3.63) is 29.6 Å². The minimum atomic E-state index is -0.996. The molecule has 3 heterocycles. The Morgan fingerprint density at radius 1 is 1.54 bits per heavy atom. The van der Waals surface area contributed by atoms with E-state index in [4.69, 9.17) is 26.2 Å². The number of nitrogens with zero attached hydrogens (tertiary/aromatic N) is 2. The standard InChI is InChI=1S/C15H16ClN3O5/c1-23-15(22)8-4-5-19-11(6-8)18-13(9-2-3-10(16)24-9)14(19)17-7-12(20)21/h4-6,9-10,17H,2-3,7H2,1H3,(H,20,21). The van der Waals surface area contributed by atoms with E-state index < -0.39 is 17.5 Å². The summed E-state index contributed by atoms with van der Waals surface area (Å²) in [7, 11) is 1.30. The molecule has 0 aliphatic carbocycles. The van der Waals surface area contributed by atoms with Crippen LogP contribution in [0, 0.1) is 0 Å². The van der Waals surface area contributed by atoms with Gasteiger partial charge in [0.2, 0.25) is 0 Å². The molecule has 128 valence electrons. The van der Waals surface area contributed by atoms with E-state index in [9.17, 15) is 9.59 Å². The molecule has 1 saturated heterocycles. The van der Waals surface area contributed by atoms with Crippen molar-refractivity contribution >= 4 is 35.0 Å². The second kappa shape index (κ2) is 6.66. The number of pyridine rings is 1. The lowest BCUT2D eigenvalue weighted by atomic mass is 10.2. The molecular weight excluding hydrogens is 338 g/mol. The normalized spacial score (nSPS) is 20.2. The van der Waals surface area contributed by atoms with Crippen molar-refractivity contribution in [3.63, 3.8) is 0 Å². The van der Waals surface area contributed by atoms with E-state index in [2.05, 4.69) is 10.3 Å². The van der Waals surface area contributed by atoms with Crippen LogP contribution in [0.25, 0.3) is 5.65 Å². The molecule has 24 heavy (non-hydrogen) atoms. The van der Waals surface area contributed by atoms with Crippen LogP contribution in [0.4, 0.5) is 5.82 Å². The smallest absolute Gasteiger partial charge is 0.338 e. The lowest BCUT2D eigenvalue weighted by Gasteiger charge is -2.11. The molecule has 9 heteroatoms. The fourth-order valence-electron chi connectivity index (χ4n) is 2.67. The third kappa shape index (κ3) is 3.15. The number of fused-ring (bicyclic) bond motifs is 1. The number of aliphatic carboxylic acids is 1. The van der Waals surface area contributed by atoms with Crippen molar-refractivity contribution in [2.45, 2.75) is 24.5 Å². The number of carbonyl (C=O) groups is 2. The maximum atomic E-state index is 11.7. The number of alkyl halides is 1. The largest absolute Gasteiger partial charge is 0.480 e. The zero-order valence-corrected chi connectivity index (χ0v) is 13.6. The molecule has 8 nitrogen and oxygen atoms in total. The minimum Gasteiger partial charge on any atom is -0.480 e. The first-order valence-corrected chi connectivity index (χ1v) is 7.78. The minimum absolute atomic E-state index is 0.267. The molecule has 0 spiro atoms. The number of carbonyl (C=O) groups excluding carboxylic acids is 1. The molecule has 2 unspecified atom stereocenters. The van der Waals surface area contributed by atoms with E-state index in [1.807, 2.05) is 0 Å². The van der Waals surface area contributed by atoms with Crippen molar-refractivity contribution < 1.29 is 24.2 Å². The van der Waals surface area contributed by atoms with E-state index in [1.54, 1.807) is 22.7 Å². The zero-order chi connectivity index (χ0) is 17.3. The van der Waals surface area contributed by atoms with Crippen LogP contribution in [0.15, 0.2) is 18.3 Å². The molecule has 0 aromatic carbocycles. The van der Waals surface area contributed by atoms with Gasteiger partial charge in [-0.15, -0.1) is 0 Å². The second-order valence-corrected chi connectivity index (χ2v) is 5.83. The third-order valence-electron chi connectivity index (χ3n) is 3.75. The van der Waals surface area contributed by atoms with Gasteiger partial charge in [0.15, 0.2) is 0 Å². The number of carboxylic acid groups (broad SMARTS) is 1. The molecule has 0 bridgehead atoms. The predicted octanol–water partition coefficient (Wildman–Crippen LogP) is 2.03. The Kier molecular flexibility index (Phi) is 4.59. The van der Waals surface area contributed by atoms with Crippen LogP contribution >= 0.6 is 11.6 Å². The molecule has 2 aromatic rings.